The van der Waals surface area contributed by atoms with Gasteiger partial charge in [-0.05, 0) is 23.8 Å². The fourth-order valence-corrected chi connectivity index (χ4v) is 1.14. The molecular weight excluding hydrogens is 263 g/mol. The van der Waals surface area contributed by atoms with Crippen LogP contribution in [0.5, 0.6) is 5.75 Å². The van der Waals surface area contributed by atoms with Crippen molar-refractivity contribution >= 4 is 35.2 Å². The second-order valence-electron chi connectivity index (χ2n) is 3.09. The molecule has 0 heterocycles. The highest BCUT2D eigenvalue weighted by Gasteiger charge is 1.96. The van der Waals surface area contributed by atoms with Crippen molar-refractivity contribution in [3.05, 3.63) is 46.5 Å². The third-order valence-corrected chi connectivity index (χ3v) is 2.39. The van der Waals surface area contributed by atoms with E-state index in [9.17, 15) is 4.79 Å². The lowest BCUT2D eigenvalue weighted by molar-refractivity contribution is -0.131. The van der Waals surface area contributed by atoms with Gasteiger partial charge in [-0.3, -0.25) is 0 Å². The third kappa shape index (κ3) is 5.43. The topological polar surface area (TPSA) is 46.5 Å². The van der Waals surface area contributed by atoms with Crippen molar-refractivity contribution in [2.75, 3.05) is 6.61 Å². The molecule has 0 aliphatic rings. The summed E-state index contributed by atoms with van der Waals surface area (Å²) in [6.45, 7) is 0.204. The van der Waals surface area contributed by atoms with Crippen LogP contribution in [-0.4, -0.2) is 17.7 Å². The maximum absolute atomic E-state index is 10.3. The Balaban J connectivity index is 2.59. The standard InChI is InChI=1S/C12H10Cl2O3/c13-7-10(14)8-17-11-4-1-9(2-5-11)3-6-12(15)16/h1-7H,8H2,(H,15,16). The van der Waals surface area contributed by atoms with Gasteiger partial charge in [0.05, 0.1) is 5.03 Å². The molecule has 90 valence electrons. The SMILES string of the molecule is O=C(O)C=Cc1ccc(OCC(Cl)=CCl)cc1. The summed E-state index contributed by atoms with van der Waals surface area (Å²) >= 11 is 11.0. The zero-order chi connectivity index (χ0) is 12.7. The van der Waals surface area contributed by atoms with Crippen LogP contribution in [0.15, 0.2) is 40.9 Å². The molecule has 0 radical (unpaired) electrons. The Labute approximate surface area is 109 Å². The highest BCUT2D eigenvalue weighted by Crippen LogP contribution is 2.15. The first-order valence-corrected chi connectivity index (χ1v) is 5.52. The van der Waals surface area contributed by atoms with E-state index in [1.54, 1.807) is 24.3 Å². The summed E-state index contributed by atoms with van der Waals surface area (Å²) in [7, 11) is 0. The normalized spacial score (nSPS) is 11.8. The fraction of sp³-hybridized carbons (Fsp3) is 0.0833. The van der Waals surface area contributed by atoms with E-state index < -0.39 is 5.97 Å². The quantitative estimate of drug-likeness (QED) is 0.835. The molecule has 0 aliphatic heterocycles. The lowest BCUT2D eigenvalue weighted by Crippen LogP contribution is -1.96. The molecule has 0 atom stereocenters. The average Bonchev–Trinajstić information content (AvgIpc) is 2.34. The van der Waals surface area contributed by atoms with Gasteiger partial charge in [0.15, 0.2) is 0 Å². The minimum atomic E-state index is -0.982. The molecule has 0 saturated carbocycles. The Morgan fingerprint density at radius 1 is 1.35 bits per heavy atom. The predicted molar refractivity (Wildman–Crippen MR) is 68.4 cm³/mol. The van der Waals surface area contributed by atoms with Gasteiger partial charge in [0.25, 0.3) is 0 Å². The zero-order valence-corrected chi connectivity index (χ0v) is 10.3. The van der Waals surface area contributed by atoms with Crippen LogP contribution in [-0.2, 0) is 4.79 Å². The zero-order valence-electron chi connectivity index (χ0n) is 8.77. The minimum absolute atomic E-state index is 0.204. The molecule has 0 fully saturated rings. The van der Waals surface area contributed by atoms with Gasteiger partial charge in [-0.25, -0.2) is 4.79 Å². The Morgan fingerprint density at radius 2 is 2.00 bits per heavy atom. The van der Waals surface area contributed by atoms with Gasteiger partial charge in [0.1, 0.15) is 12.4 Å². The highest BCUT2D eigenvalue weighted by atomic mass is 35.5. The van der Waals surface area contributed by atoms with Crippen molar-refractivity contribution < 1.29 is 14.6 Å². The molecule has 1 N–H and O–H groups in total. The first-order chi connectivity index (χ1) is 8.11. The Hall–Kier alpha value is -1.45. The lowest BCUT2D eigenvalue weighted by Gasteiger charge is -2.04. The van der Waals surface area contributed by atoms with E-state index in [4.69, 9.17) is 33.0 Å². The molecular formula is C12H10Cl2O3. The Morgan fingerprint density at radius 3 is 2.53 bits per heavy atom. The van der Waals surface area contributed by atoms with Crippen LogP contribution in [0.3, 0.4) is 0 Å². The van der Waals surface area contributed by atoms with Crippen LogP contribution in [0.25, 0.3) is 6.08 Å². The van der Waals surface area contributed by atoms with Gasteiger partial charge >= 0.3 is 5.97 Å². The summed E-state index contributed by atoms with van der Waals surface area (Å²) in [6, 6.07) is 6.93. The smallest absolute Gasteiger partial charge is 0.328 e. The van der Waals surface area contributed by atoms with Gasteiger partial charge < -0.3 is 9.84 Å². The maximum Gasteiger partial charge on any atom is 0.328 e. The third-order valence-electron chi connectivity index (χ3n) is 1.79. The number of halogens is 2. The average molecular weight is 273 g/mol. The fourth-order valence-electron chi connectivity index (χ4n) is 1.03. The van der Waals surface area contributed by atoms with Gasteiger partial charge in [-0.1, -0.05) is 35.3 Å². The lowest BCUT2D eigenvalue weighted by atomic mass is 10.2. The number of carboxylic acid groups (broad SMARTS) is 1. The highest BCUT2D eigenvalue weighted by molar-refractivity contribution is 6.36. The molecule has 0 aliphatic carbocycles. The van der Waals surface area contributed by atoms with Crippen molar-refractivity contribution in [2.24, 2.45) is 0 Å². The van der Waals surface area contributed by atoms with Crippen LogP contribution in [0.1, 0.15) is 5.56 Å². The number of carboxylic acids is 1. The number of carbonyl (C=O) groups is 1. The van der Waals surface area contributed by atoms with E-state index >= 15 is 0 Å². The van der Waals surface area contributed by atoms with E-state index in [1.165, 1.54) is 11.6 Å². The van der Waals surface area contributed by atoms with Crippen molar-refractivity contribution in [2.45, 2.75) is 0 Å². The summed E-state index contributed by atoms with van der Waals surface area (Å²) in [5.41, 5.74) is 2.02. The van der Waals surface area contributed by atoms with E-state index in [1.807, 2.05) is 0 Å². The van der Waals surface area contributed by atoms with Crippen LogP contribution in [0.2, 0.25) is 0 Å². The summed E-state index contributed by atoms with van der Waals surface area (Å²) in [5, 5.41) is 8.86. The first-order valence-electron chi connectivity index (χ1n) is 4.70. The molecule has 0 amide bonds. The molecule has 5 heteroatoms. The molecule has 3 nitrogen and oxygen atoms in total. The summed E-state index contributed by atoms with van der Waals surface area (Å²) in [6.07, 6.45) is 2.57. The van der Waals surface area contributed by atoms with Crippen molar-refractivity contribution in [1.29, 1.82) is 0 Å². The van der Waals surface area contributed by atoms with Crippen LogP contribution >= 0.6 is 23.2 Å². The van der Waals surface area contributed by atoms with Gasteiger partial charge in [-0.15, -0.1) is 0 Å². The molecule has 0 bridgehead atoms. The summed E-state index contributed by atoms with van der Waals surface area (Å²) in [4.78, 5) is 10.3. The number of rotatable bonds is 5. The molecule has 0 unspecified atom stereocenters. The summed E-state index contributed by atoms with van der Waals surface area (Å²) in [5.74, 6) is -0.349. The number of ether oxygens (including phenoxy) is 1. The first kappa shape index (κ1) is 13.6. The second-order valence-corrected chi connectivity index (χ2v) is 3.79. The predicted octanol–water partition coefficient (Wildman–Crippen LogP) is 3.48. The maximum atomic E-state index is 10.3. The largest absolute Gasteiger partial charge is 0.488 e. The Bertz CT molecular complexity index is 436. The minimum Gasteiger partial charge on any atom is -0.488 e. The van der Waals surface area contributed by atoms with E-state index in [2.05, 4.69) is 0 Å². The van der Waals surface area contributed by atoms with Crippen molar-refractivity contribution in [3.8, 4) is 5.75 Å². The molecule has 1 aromatic carbocycles. The van der Waals surface area contributed by atoms with Crippen molar-refractivity contribution in [3.63, 3.8) is 0 Å². The summed E-state index contributed by atoms with van der Waals surface area (Å²) < 4.78 is 5.31. The molecule has 17 heavy (non-hydrogen) atoms. The number of benzene rings is 1. The molecule has 0 spiro atoms. The number of aliphatic carboxylic acids is 1. The van der Waals surface area contributed by atoms with E-state index in [-0.39, 0.29) is 6.61 Å². The molecule has 1 aromatic rings. The van der Waals surface area contributed by atoms with Crippen molar-refractivity contribution in [1.82, 2.24) is 0 Å². The van der Waals surface area contributed by atoms with Crippen LogP contribution in [0.4, 0.5) is 0 Å². The van der Waals surface area contributed by atoms with Gasteiger partial charge in [0, 0.05) is 11.6 Å². The van der Waals surface area contributed by atoms with E-state index in [0.29, 0.717) is 10.8 Å². The van der Waals surface area contributed by atoms with Crippen LogP contribution in [0, 0.1) is 0 Å². The monoisotopic (exact) mass is 272 g/mol. The molecule has 0 saturated heterocycles. The second kappa shape index (κ2) is 6.99. The molecule has 0 aromatic heterocycles. The molecule has 1 rings (SSSR count). The number of hydrogen-bond acceptors (Lipinski definition) is 2. The van der Waals surface area contributed by atoms with Gasteiger partial charge in [0.2, 0.25) is 0 Å². The van der Waals surface area contributed by atoms with Crippen LogP contribution < -0.4 is 4.74 Å². The Kier molecular flexibility index (Phi) is 5.60. The van der Waals surface area contributed by atoms with Gasteiger partial charge in [-0.2, -0.15) is 0 Å². The number of hydrogen-bond donors (Lipinski definition) is 1. The van der Waals surface area contributed by atoms with E-state index in [0.717, 1.165) is 11.6 Å².